The highest BCUT2D eigenvalue weighted by Crippen LogP contribution is 2.30. The van der Waals surface area contributed by atoms with E-state index in [1.165, 1.54) is 0 Å². The minimum Gasteiger partial charge on any atom is -0.357 e. The van der Waals surface area contributed by atoms with Crippen LogP contribution in [0.1, 0.15) is 32.8 Å². The Kier molecular flexibility index (Phi) is 6.01. The monoisotopic (exact) mass is 346 g/mol. The number of carbonyl (C=O) groups is 3. The molecule has 0 aliphatic carbocycles. The number of likely N-dealkylation sites (N-methyl/N-ethyl adjacent to an activating group) is 1. The molecule has 1 atom stereocenters. The minimum atomic E-state index is -0.576. The van der Waals surface area contributed by atoms with Gasteiger partial charge in [0.1, 0.15) is 6.04 Å². The van der Waals surface area contributed by atoms with Crippen LogP contribution >= 0.6 is 0 Å². The summed E-state index contributed by atoms with van der Waals surface area (Å²) in [5, 5.41) is 8.05. The van der Waals surface area contributed by atoms with Gasteiger partial charge in [-0.3, -0.25) is 9.59 Å². The number of fused-ring (bicyclic) bond motifs is 1. The van der Waals surface area contributed by atoms with Crippen molar-refractivity contribution in [2.45, 2.75) is 39.7 Å². The number of hydrogen-bond acceptors (Lipinski definition) is 3. The molecule has 0 radical (unpaired) electrons. The summed E-state index contributed by atoms with van der Waals surface area (Å²) in [7, 11) is 1.55. The van der Waals surface area contributed by atoms with E-state index >= 15 is 0 Å². The Bertz CT molecular complexity index is 672. The summed E-state index contributed by atoms with van der Waals surface area (Å²) < 4.78 is 0. The zero-order valence-electron chi connectivity index (χ0n) is 15.2. The molecule has 25 heavy (non-hydrogen) atoms. The van der Waals surface area contributed by atoms with Gasteiger partial charge < -0.3 is 20.9 Å². The molecule has 0 fully saturated rings. The largest absolute Gasteiger partial charge is 0.357 e. The van der Waals surface area contributed by atoms with Crippen molar-refractivity contribution in [1.29, 1.82) is 0 Å². The van der Waals surface area contributed by atoms with E-state index in [0.717, 1.165) is 17.7 Å². The quantitative estimate of drug-likeness (QED) is 0.760. The van der Waals surface area contributed by atoms with E-state index in [1.807, 2.05) is 26.0 Å². The van der Waals surface area contributed by atoms with Gasteiger partial charge in [-0.05, 0) is 42.5 Å². The number of hydrogen-bond donors (Lipinski definition) is 3. The van der Waals surface area contributed by atoms with Crippen molar-refractivity contribution in [3.8, 4) is 0 Å². The van der Waals surface area contributed by atoms with Crippen LogP contribution in [0, 0.1) is 5.92 Å². The molecule has 0 saturated carbocycles. The summed E-state index contributed by atoms with van der Waals surface area (Å²) in [6, 6.07) is 4.47. The zero-order chi connectivity index (χ0) is 18.6. The minimum absolute atomic E-state index is 0.0132. The molecule has 1 unspecified atom stereocenters. The first-order chi connectivity index (χ1) is 11.8. The van der Waals surface area contributed by atoms with Gasteiger partial charge in [0, 0.05) is 31.9 Å². The lowest BCUT2D eigenvalue weighted by molar-refractivity contribution is -0.122. The molecule has 136 valence electrons. The van der Waals surface area contributed by atoms with Crippen molar-refractivity contribution in [1.82, 2.24) is 10.6 Å². The topological polar surface area (TPSA) is 90.5 Å². The maximum atomic E-state index is 12.2. The van der Waals surface area contributed by atoms with Crippen molar-refractivity contribution >= 4 is 29.2 Å². The Morgan fingerprint density at radius 3 is 2.56 bits per heavy atom. The molecule has 0 saturated heterocycles. The van der Waals surface area contributed by atoms with Gasteiger partial charge in [-0.15, -0.1) is 0 Å². The molecule has 1 aromatic carbocycles. The number of nitrogens with zero attached hydrogens (tertiary/aromatic N) is 1. The average Bonchev–Trinajstić information content (AvgIpc) is 2.96. The van der Waals surface area contributed by atoms with Gasteiger partial charge in [0.2, 0.25) is 11.8 Å². The highest BCUT2D eigenvalue weighted by Gasteiger charge is 2.23. The Morgan fingerprint density at radius 2 is 1.96 bits per heavy atom. The van der Waals surface area contributed by atoms with Gasteiger partial charge in [-0.2, -0.15) is 0 Å². The molecule has 0 spiro atoms. The van der Waals surface area contributed by atoms with Crippen LogP contribution in [-0.2, 0) is 16.0 Å². The van der Waals surface area contributed by atoms with Crippen molar-refractivity contribution in [3.05, 3.63) is 23.8 Å². The smallest absolute Gasteiger partial charge is 0.319 e. The molecular formula is C18H26N4O3. The van der Waals surface area contributed by atoms with Crippen LogP contribution in [0.5, 0.6) is 0 Å². The van der Waals surface area contributed by atoms with Crippen molar-refractivity contribution in [3.63, 3.8) is 0 Å². The second-order valence-electron chi connectivity index (χ2n) is 6.66. The van der Waals surface area contributed by atoms with Crippen LogP contribution in [0.15, 0.2) is 18.2 Å². The number of urea groups is 1. The molecular weight excluding hydrogens is 320 g/mol. The summed E-state index contributed by atoms with van der Waals surface area (Å²) in [6.45, 7) is 6.20. The number of amides is 4. The first-order valence-corrected chi connectivity index (χ1v) is 8.52. The molecule has 0 bridgehead atoms. The Hall–Kier alpha value is -2.57. The third kappa shape index (κ3) is 4.71. The van der Waals surface area contributed by atoms with Crippen LogP contribution in [0.4, 0.5) is 16.2 Å². The summed E-state index contributed by atoms with van der Waals surface area (Å²) in [4.78, 5) is 37.4. The van der Waals surface area contributed by atoms with Crippen LogP contribution < -0.4 is 20.9 Å². The highest BCUT2D eigenvalue weighted by atomic mass is 16.2. The van der Waals surface area contributed by atoms with Gasteiger partial charge in [0.05, 0.1) is 0 Å². The molecule has 2 rings (SSSR count). The van der Waals surface area contributed by atoms with E-state index in [4.69, 9.17) is 0 Å². The lowest BCUT2D eigenvalue weighted by Gasteiger charge is -2.19. The zero-order valence-corrected chi connectivity index (χ0v) is 15.2. The number of carbonyl (C=O) groups excluding carboxylic acids is 3. The van der Waals surface area contributed by atoms with Crippen LogP contribution in [0.3, 0.4) is 0 Å². The lowest BCUT2D eigenvalue weighted by atomic mass is 10.0. The third-order valence-electron chi connectivity index (χ3n) is 4.19. The van der Waals surface area contributed by atoms with E-state index in [9.17, 15) is 14.4 Å². The Morgan fingerprint density at radius 1 is 1.24 bits per heavy atom. The SMILES string of the molecule is CNC(=O)C(CC(C)C)NC(=O)Nc1ccc2c(c1)CCN2C(C)=O. The normalized spacial score (nSPS) is 14.0. The van der Waals surface area contributed by atoms with E-state index < -0.39 is 12.1 Å². The first-order valence-electron chi connectivity index (χ1n) is 8.52. The van der Waals surface area contributed by atoms with Gasteiger partial charge in [0.15, 0.2) is 0 Å². The molecule has 1 aliphatic heterocycles. The van der Waals surface area contributed by atoms with E-state index in [2.05, 4.69) is 16.0 Å². The highest BCUT2D eigenvalue weighted by molar-refractivity contribution is 5.96. The number of anilines is 2. The summed E-state index contributed by atoms with van der Waals surface area (Å²) >= 11 is 0. The van der Waals surface area contributed by atoms with E-state index in [-0.39, 0.29) is 17.7 Å². The molecule has 3 N–H and O–H groups in total. The number of rotatable bonds is 5. The fourth-order valence-electron chi connectivity index (χ4n) is 3.01. The molecule has 1 aromatic rings. The summed E-state index contributed by atoms with van der Waals surface area (Å²) in [5.74, 6) is 0.0781. The van der Waals surface area contributed by atoms with Gasteiger partial charge >= 0.3 is 6.03 Å². The third-order valence-corrected chi connectivity index (χ3v) is 4.19. The molecule has 1 heterocycles. The van der Waals surface area contributed by atoms with Crippen molar-refractivity contribution in [2.24, 2.45) is 5.92 Å². The average molecular weight is 346 g/mol. The van der Waals surface area contributed by atoms with Gasteiger partial charge in [-0.1, -0.05) is 13.8 Å². The van der Waals surface area contributed by atoms with Crippen LogP contribution in [0.25, 0.3) is 0 Å². The molecule has 0 aromatic heterocycles. The maximum Gasteiger partial charge on any atom is 0.319 e. The van der Waals surface area contributed by atoms with Crippen molar-refractivity contribution in [2.75, 3.05) is 23.8 Å². The summed E-state index contributed by atoms with van der Waals surface area (Å²) in [5.41, 5.74) is 2.56. The van der Waals surface area contributed by atoms with E-state index in [0.29, 0.717) is 18.7 Å². The van der Waals surface area contributed by atoms with E-state index in [1.54, 1.807) is 24.9 Å². The summed E-state index contributed by atoms with van der Waals surface area (Å²) in [6.07, 6.45) is 1.32. The van der Waals surface area contributed by atoms with Gasteiger partial charge in [0.25, 0.3) is 0 Å². The first kappa shape index (κ1) is 18.8. The van der Waals surface area contributed by atoms with Crippen LogP contribution in [0.2, 0.25) is 0 Å². The Labute approximate surface area is 148 Å². The lowest BCUT2D eigenvalue weighted by Crippen LogP contribution is -2.47. The second kappa shape index (κ2) is 8.00. The molecule has 7 heteroatoms. The Balaban J connectivity index is 2.03. The maximum absolute atomic E-state index is 12.2. The molecule has 4 amide bonds. The molecule has 1 aliphatic rings. The fourth-order valence-corrected chi connectivity index (χ4v) is 3.01. The van der Waals surface area contributed by atoms with Gasteiger partial charge in [-0.25, -0.2) is 4.79 Å². The second-order valence-corrected chi connectivity index (χ2v) is 6.66. The standard InChI is InChI=1S/C18H26N4O3/c1-11(2)9-15(17(24)19-4)21-18(25)20-14-5-6-16-13(10-14)7-8-22(16)12(3)23/h5-6,10-11,15H,7-9H2,1-4H3,(H,19,24)(H2,20,21,25). The fraction of sp³-hybridized carbons (Fsp3) is 0.500. The predicted octanol–water partition coefficient (Wildman–Crippen LogP) is 1.88. The van der Waals surface area contributed by atoms with Crippen molar-refractivity contribution < 1.29 is 14.4 Å². The number of nitrogens with one attached hydrogen (secondary N) is 3. The molecule has 7 nitrogen and oxygen atoms in total. The predicted molar refractivity (Wildman–Crippen MR) is 97.6 cm³/mol. The van der Waals surface area contributed by atoms with Crippen LogP contribution in [-0.4, -0.2) is 37.5 Å². The number of benzene rings is 1.